The van der Waals surface area contributed by atoms with Gasteiger partial charge in [-0.2, -0.15) is 0 Å². The van der Waals surface area contributed by atoms with Gasteiger partial charge in [0, 0.05) is 25.2 Å². The standard InChI is InChI=1S/C20H26N2O2/c1-3-11-22-20(23)18-9-5-7-16(12-18)14-21-15-17-8-6-10-19(13-17)24-4-2/h5-10,12-13,21H,3-4,11,14-15H2,1-2H3,(H,22,23). The first-order chi connectivity index (χ1) is 11.7. The summed E-state index contributed by atoms with van der Waals surface area (Å²) in [5, 5.41) is 6.31. The number of benzene rings is 2. The fourth-order valence-corrected chi connectivity index (χ4v) is 2.43. The Hall–Kier alpha value is -2.33. The van der Waals surface area contributed by atoms with Crippen LogP contribution in [0.15, 0.2) is 48.5 Å². The van der Waals surface area contributed by atoms with E-state index in [0.717, 1.165) is 24.3 Å². The molecule has 0 saturated heterocycles. The second kappa shape index (κ2) is 9.73. The van der Waals surface area contributed by atoms with Crippen LogP contribution in [0.5, 0.6) is 5.75 Å². The average Bonchev–Trinajstić information content (AvgIpc) is 2.60. The van der Waals surface area contributed by atoms with Crippen LogP contribution in [-0.2, 0) is 13.1 Å². The third-order valence-corrected chi connectivity index (χ3v) is 3.59. The second-order valence-corrected chi connectivity index (χ2v) is 5.64. The van der Waals surface area contributed by atoms with Gasteiger partial charge in [0.2, 0.25) is 0 Å². The number of nitrogens with one attached hydrogen (secondary N) is 2. The normalized spacial score (nSPS) is 10.4. The zero-order valence-electron chi connectivity index (χ0n) is 14.5. The van der Waals surface area contributed by atoms with Crippen LogP contribution in [0.4, 0.5) is 0 Å². The van der Waals surface area contributed by atoms with E-state index < -0.39 is 0 Å². The SMILES string of the molecule is CCCNC(=O)c1cccc(CNCc2cccc(OCC)c2)c1. The van der Waals surface area contributed by atoms with E-state index in [1.54, 1.807) is 0 Å². The molecule has 0 bridgehead atoms. The Morgan fingerprint density at radius 3 is 2.42 bits per heavy atom. The molecule has 2 aromatic rings. The molecule has 0 saturated carbocycles. The van der Waals surface area contributed by atoms with E-state index in [9.17, 15) is 4.79 Å². The number of carbonyl (C=O) groups excluding carboxylic acids is 1. The largest absolute Gasteiger partial charge is 0.494 e. The van der Waals surface area contributed by atoms with Crippen LogP contribution in [0, 0.1) is 0 Å². The van der Waals surface area contributed by atoms with E-state index in [-0.39, 0.29) is 5.91 Å². The predicted octanol–water partition coefficient (Wildman–Crippen LogP) is 3.51. The van der Waals surface area contributed by atoms with E-state index in [4.69, 9.17) is 4.74 Å². The van der Waals surface area contributed by atoms with Crippen LogP contribution in [0.25, 0.3) is 0 Å². The van der Waals surface area contributed by atoms with Crippen molar-refractivity contribution in [1.82, 2.24) is 10.6 Å². The third-order valence-electron chi connectivity index (χ3n) is 3.59. The van der Waals surface area contributed by atoms with Gasteiger partial charge in [-0.15, -0.1) is 0 Å². The van der Waals surface area contributed by atoms with E-state index in [2.05, 4.69) is 16.7 Å². The Balaban J connectivity index is 1.88. The van der Waals surface area contributed by atoms with Crippen molar-refractivity contribution in [2.45, 2.75) is 33.4 Å². The molecule has 2 aromatic carbocycles. The molecule has 0 unspecified atom stereocenters. The number of hydrogen-bond donors (Lipinski definition) is 2. The van der Waals surface area contributed by atoms with Gasteiger partial charge in [0.15, 0.2) is 0 Å². The zero-order chi connectivity index (χ0) is 17.2. The van der Waals surface area contributed by atoms with Gasteiger partial charge >= 0.3 is 0 Å². The van der Waals surface area contributed by atoms with Gasteiger partial charge in [-0.25, -0.2) is 0 Å². The molecule has 0 heterocycles. The Bertz CT molecular complexity index is 656. The first kappa shape index (κ1) is 18.0. The van der Waals surface area contributed by atoms with E-state index in [1.807, 2.05) is 56.3 Å². The minimum Gasteiger partial charge on any atom is -0.494 e. The van der Waals surface area contributed by atoms with Crippen molar-refractivity contribution in [2.75, 3.05) is 13.2 Å². The summed E-state index contributed by atoms with van der Waals surface area (Å²) >= 11 is 0. The third kappa shape index (κ3) is 5.70. The van der Waals surface area contributed by atoms with Crippen molar-refractivity contribution in [3.8, 4) is 5.75 Å². The maximum Gasteiger partial charge on any atom is 0.251 e. The molecule has 128 valence electrons. The van der Waals surface area contributed by atoms with Gasteiger partial charge in [0.05, 0.1) is 6.61 Å². The summed E-state index contributed by atoms with van der Waals surface area (Å²) in [5.74, 6) is 0.884. The molecule has 2 N–H and O–H groups in total. The highest BCUT2D eigenvalue weighted by Crippen LogP contribution is 2.13. The maximum atomic E-state index is 12.0. The van der Waals surface area contributed by atoms with Crippen LogP contribution < -0.4 is 15.4 Å². The number of hydrogen-bond acceptors (Lipinski definition) is 3. The molecule has 4 heteroatoms. The summed E-state index contributed by atoms with van der Waals surface area (Å²) in [5.41, 5.74) is 2.99. The summed E-state index contributed by atoms with van der Waals surface area (Å²) in [7, 11) is 0. The molecule has 0 aliphatic heterocycles. The fourth-order valence-electron chi connectivity index (χ4n) is 2.43. The monoisotopic (exact) mass is 326 g/mol. The molecule has 24 heavy (non-hydrogen) atoms. The van der Waals surface area contributed by atoms with Gasteiger partial charge < -0.3 is 15.4 Å². The molecule has 4 nitrogen and oxygen atoms in total. The highest BCUT2D eigenvalue weighted by Gasteiger charge is 2.05. The highest BCUT2D eigenvalue weighted by atomic mass is 16.5. The van der Waals surface area contributed by atoms with Gasteiger partial charge in [-0.1, -0.05) is 31.2 Å². The molecular weight excluding hydrogens is 300 g/mol. The van der Waals surface area contributed by atoms with Crippen molar-refractivity contribution in [2.24, 2.45) is 0 Å². The predicted molar refractivity (Wildman–Crippen MR) is 97.2 cm³/mol. The topological polar surface area (TPSA) is 50.4 Å². The van der Waals surface area contributed by atoms with Crippen molar-refractivity contribution < 1.29 is 9.53 Å². The van der Waals surface area contributed by atoms with E-state index in [1.165, 1.54) is 5.56 Å². The average molecular weight is 326 g/mol. The quantitative estimate of drug-likeness (QED) is 0.741. The summed E-state index contributed by atoms with van der Waals surface area (Å²) in [6, 6.07) is 15.8. The van der Waals surface area contributed by atoms with Crippen molar-refractivity contribution in [3.63, 3.8) is 0 Å². The second-order valence-electron chi connectivity index (χ2n) is 5.64. The molecule has 0 aliphatic rings. The number of amides is 1. The zero-order valence-corrected chi connectivity index (χ0v) is 14.5. The van der Waals surface area contributed by atoms with Gasteiger partial charge in [-0.05, 0) is 48.7 Å². The molecule has 1 amide bonds. The molecule has 0 fully saturated rings. The maximum absolute atomic E-state index is 12.0. The van der Waals surface area contributed by atoms with Crippen LogP contribution in [0.3, 0.4) is 0 Å². The van der Waals surface area contributed by atoms with E-state index in [0.29, 0.717) is 25.3 Å². The molecule has 0 atom stereocenters. The minimum atomic E-state index is -0.0110. The minimum absolute atomic E-state index is 0.0110. The van der Waals surface area contributed by atoms with E-state index >= 15 is 0 Å². The molecule has 0 aliphatic carbocycles. The lowest BCUT2D eigenvalue weighted by atomic mass is 10.1. The molecule has 0 radical (unpaired) electrons. The Labute approximate surface area is 144 Å². The molecule has 0 aromatic heterocycles. The summed E-state index contributed by atoms with van der Waals surface area (Å²) in [4.78, 5) is 12.0. The molecular formula is C20H26N2O2. The van der Waals surface area contributed by atoms with Gasteiger partial charge in [0.1, 0.15) is 5.75 Å². The Morgan fingerprint density at radius 2 is 1.71 bits per heavy atom. The smallest absolute Gasteiger partial charge is 0.251 e. The van der Waals surface area contributed by atoms with Gasteiger partial charge in [-0.3, -0.25) is 4.79 Å². The highest BCUT2D eigenvalue weighted by molar-refractivity contribution is 5.94. The number of carbonyl (C=O) groups is 1. The Kier molecular flexibility index (Phi) is 7.30. The lowest BCUT2D eigenvalue weighted by molar-refractivity contribution is 0.0953. The first-order valence-corrected chi connectivity index (χ1v) is 8.52. The fraction of sp³-hybridized carbons (Fsp3) is 0.350. The summed E-state index contributed by atoms with van der Waals surface area (Å²) in [6.07, 6.45) is 0.938. The van der Waals surface area contributed by atoms with Crippen molar-refractivity contribution >= 4 is 5.91 Å². The number of rotatable bonds is 9. The van der Waals surface area contributed by atoms with Crippen molar-refractivity contribution in [1.29, 1.82) is 0 Å². The van der Waals surface area contributed by atoms with Crippen molar-refractivity contribution in [3.05, 3.63) is 65.2 Å². The molecule has 0 spiro atoms. The summed E-state index contributed by atoms with van der Waals surface area (Å²) < 4.78 is 5.51. The molecule has 2 rings (SSSR count). The Morgan fingerprint density at radius 1 is 1.00 bits per heavy atom. The van der Waals surface area contributed by atoms with Gasteiger partial charge in [0.25, 0.3) is 5.91 Å². The van der Waals surface area contributed by atoms with Crippen LogP contribution in [-0.4, -0.2) is 19.1 Å². The lowest BCUT2D eigenvalue weighted by Crippen LogP contribution is -2.24. The first-order valence-electron chi connectivity index (χ1n) is 8.52. The van der Waals surface area contributed by atoms with Crippen LogP contribution in [0.2, 0.25) is 0 Å². The van der Waals surface area contributed by atoms with Crippen LogP contribution >= 0.6 is 0 Å². The summed E-state index contributed by atoms with van der Waals surface area (Å²) in [6.45, 7) is 6.87. The van der Waals surface area contributed by atoms with Crippen LogP contribution in [0.1, 0.15) is 41.8 Å². The lowest BCUT2D eigenvalue weighted by Gasteiger charge is -2.09. The number of ether oxygens (including phenoxy) is 1.